The highest BCUT2D eigenvalue weighted by atomic mass is 79.9. The van der Waals surface area contributed by atoms with Gasteiger partial charge in [0.05, 0.1) is 29.3 Å². The maximum atomic E-state index is 13.4. The molecule has 1 N–H and O–H groups in total. The Bertz CT molecular complexity index is 1020. The molecule has 0 spiro atoms. The summed E-state index contributed by atoms with van der Waals surface area (Å²) >= 11 is 3.30. The molecule has 0 saturated carbocycles. The smallest absolute Gasteiger partial charge is 0.182 e. The average molecular weight is 544 g/mol. The molecule has 2 aromatic carbocycles. The number of carbonyl (C=O) groups is 1. The summed E-state index contributed by atoms with van der Waals surface area (Å²) in [5, 5.41) is 11.0. The minimum atomic E-state index is -0.276. The van der Waals surface area contributed by atoms with Crippen LogP contribution in [0.4, 0.5) is 0 Å². The van der Waals surface area contributed by atoms with Crippen molar-refractivity contribution in [2.75, 3.05) is 19.7 Å². The van der Waals surface area contributed by atoms with Crippen molar-refractivity contribution in [3.8, 4) is 5.75 Å². The van der Waals surface area contributed by atoms with E-state index >= 15 is 0 Å². The normalized spacial score (nSPS) is 17.9. The topological polar surface area (TPSA) is 62.1 Å². The van der Waals surface area contributed by atoms with Crippen molar-refractivity contribution in [2.24, 2.45) is 9.94 Å². The molecule has 0 amide bonds. The molecule has 1 fully saturated rings. The van der Waals surface area contributed by atoms with Gasteiger partial charge in [-0.3, -0.25) is 4.79 Å². The van der Waals surface area contributed by atoms with Crippen molar-refractivity contribution >= 4 is 27.8 Å². The largest absolute Gasteiger partial charge is 0.507 e. The number of ether oxygens (including phenoxy) is 1. The monoisotopic (exact) mass is 542 g/mol. The number of phenolic OH excluding ortho intramolecular Hbond substituents is 1. The maximum absolute atomic E-state index is 13.4. The van der Waals surface area contributed by atoms with Gasteiger partial charge in [-0.25, -0.2) is 0 Å². The third-order valence-corrected chi connectivity index (χ3v) is 6.99. The molecular formula is C29H39BrN2O3. The van der Waals surface area contributed by atoms with Gasteiger partial charge in [0, 0.05) is 35.8 Å². The molecule has 5 nitrogen and oxygen atoms in total. The Morgan fingerprint density at radius 3 is 2.23 bits per heavy atom. The van der Waals surface area contributed by atoms with Gasteiger partial charge < -0.3 is 14.7 Å². The SMILES string of the molecule is CC(C)(C)c1cc(C(=O)CN2CC[C@@H](CCOCc3ccccc3)C2=NBr)cc(C(C)(C)C)c1O. The Kier molecular flexibility index (Phi) is 8.81. The third kappa shape index (κ3) is 6.95. The van der Waals surface area contributed by atoms with E-state index < -0.39 is 0 Å². The number of ketones is 1. The second-order valence-corrected chi connectivity index (χ2v) is 11.9. The number of carbonyl (C=O) groups excluding carboxylic acids is 1. The third-order valence-electron chi connectivity index (χ3n) is 6.63. The van der Waals surface area contributed by atoms with E-state index in [-0.39, 0.29) is 29.1 Å². The van der Waals surface area contributed by atoms with E-state index in [0.717, 1.165) is 36.3 Å². The molecule has 2 aromatic rings. The summed E-state index contributed by atoms with van der Waals surface area (Å²) in [5.74, 6) is 1.50. The van der Waals surface area contributed by atoms with Crippen LogP contribution >= 0.6 is 16.1 Å². The number of halogens is 1. The lowest BCUT2D eigenvalue weighted by atomic mass is 9.78. The van der Waals surface area contributed by atoms with Crippen LogP contribution < -0.4 is 0 Å². The Morgan fingerprint density at radius 2 is 1.69 bits per heavy atom. The molecule has 35 heavy (non-hydrogen) atoms. The highest BCUT2D eigenvalue weighted by Gasteiger charge is 2.32. The van der Waals surface area contributed by atoms with E-state index in [1.165, 1.54) is 5.56 Å². The number of phenols is 1. The average Bonchev–Trinajstić information content (AvgIpc) is 3.17. The van der Waals surface area contributed by atoms with Crippen molar-refractivity contribution in [1.29, 1.82) is 0 Å². The minimum absolute atomic E-state index is 0.0376. The Hall–Kier alpha value is -2.18. The molecule has 1 saturated heterocycles. The van der Waals surface area contributed by atoms with E-state index in [2.05, 4.69) is 78.7 Å². The fourth-order valence-electron chi connectivity index (χ4n) is 4.56. The van der Waals surface area contributed by atoms with Gasteiger partial charge in [0.15, 0.2) is 5.78 Å². The molecule has 190 valence electrons. The fraction of sp³-hybridized carbons (Fsp3) is 0.517. The lowest BCUT2D eigenvalue weighted by Crippen LogP contribution is -2.33. The van der Waals surface area contributed by atoms with E-state index in [9.17, 15) is 9.90 Å². The standard InChI is InChI=1S/C29H39BrN2O3/c1-28(2,3)23-16-22(17-24(26(23)34)29(4,5)6)25(33)18-32-14-12-21(27(32)31-30)13-15-35-19-20-10-8-7-9-11-20/h7-11,16-17,21,34H,12-15,18-19H2,1-6H3/t21-/m0/s1. The lowest BCUT2D eigenvalue weighted by Gasteiger charge is -2.28. The molecular weight excluding hydrogens is 504 g/mol. The predicted molar refractivity (Wildman–Crippen MR) is 147 cm³/mol. The van der Waals surface area contributed by atoms with Crippen LogP contribution in [0.3, 0.4) is 0 Å². The van der Waals surface area contributed by atoms with Crippen LogP contribution in [0.15, 0.2) is 46.5 Å². The number of aromatic hydroxyl groups is 1. The van der Waals surface area contributed by atoms with Gasteiger partial charge in [-0.15, -0.1) is 0 Å². The molecule has 1 aliphatic heterocycles. The van der Waals surface area contributed by atoms with E-state index in [0.29, 0.717) is 24.5 Å². The van der Waals surface area contributed by atoms with Gasteiger partial charge in [0.1, 0.15) is 11.6 Å². The summed E-state index contributed by atoms with van der Waals surface area (Å²) in [4.78, 5) is 15.5. The first kappa shape index (κ1) is 27.4. The summed E-state index contributed by atoms with van der Waals surface area (Å²) in [6.07, 6.45) is 1.81. The summed E-state index contributed by atoms with van der Waals surface area (Å²) in [5.41, 5.74) is 2.86. The highest BCUT2D eigenvalue weighted by Crippen LogP contribution is 2.40. The first-order valence-electron chi connectivity index (χ1n) is 12.4. The lowest BCUT2D eigenvalue weighted by molar-refractivity contribution is 0.0966. The van der Waals surface area contributed by atoms with Crippen LogP contribution in [0.5, 0.6) is 5.75 Å². The number of likely N-dealkylation sites (tertiary alicyclic amines) is 1. The number of hydrogen-bond donors (Lipinski definition) is 1. The predicted octanol–water partition coefficient (Wildman–Crippen LogP) is 6.81. The second-order valence-electron chi connectivity index (χ2n) is 11.5. The number of hydrogen-bond acceptors (Lipinski definition) is 4. The number of Topliss-reactive ketones (excluding diaryl/α,β-unsaturated/α-hetero) is 1. The number of rotatable bonds is 8. The fourth-order valence-corrected chi connectivity index (χ4v) is 5.08. The van der Waals surface area contributed by atoms with Gasteiger partial charge in [0.25, 0.3) is 0 Å². The zero-order chi connectivity index (χ0) is 25.8. The molecule has 1 aliphatic rings. The van der Waals surface area contributed by atoms with Crippen molar-refractivity contribution in [3.05, 3.63) is 64.7 Å². The number of amidine groups is 1. The number of benzene rings is 2. The molecule has 0 bridgehead atoms. The summed E-state index contributed by atoms with van der Waals surface area (Å²) in [6, 6.07) is 13.9. The van der Waals surface area contributed by atoms with E-state index in [1.807, 2.05) is 30.3 Å². The summed E-state index contributed by atoms with van der Waals surface area (Å²) < 4.78 is 10.3. The first-order valence-corrected chi connectivity index (χ1v) is 13.1. The molecule has 6 heteroatoms. The summed E-state index contributed by atoms with van der Waals surface area (Å²) in [7, 11) is 0. The van der Waals surface area contributed by atoms with Crippen molar-refractivity contribution in [3.63, 3.8) is 0 Å². The molecule has 0 unspecified atom stereocenters. The van der Waals surface area contributed by atoms with Crippen LogP contribution in [0.1, 0.15) is 81.4 Å². The van der Waals surface area contributed by atoms with Crippen molar-refractivity contribution in [1.82, 2.24) is 4.90 Å². The van der Waals surface area contributed by atoms with Crippen molar-refractivity contribution < 1.29 is 14.6 Å². The minimum Gasteiger partial charge on any atom is -0.507 e. The summed E-state index contributed by atoms with van der Waals surface area (Å²) in [6.45, 7) is 14.7. The maximum Gasteiger partial charge on any atom is 0.182 e. The van der Waals surface area contributed by atoms with Gasteiger partial charge in [-0.1, -0.05) is 71.9 Å². The molecule has 1 atom stereocenters. The van der Waals surface area contributed by atoms with Crippen molar-refractivity contribution in [2.45, 2.75) is 71.8 Å². The molecule has 1 heterocycles. The second kappa shape index (κ2) is 11.3. The zero-order valence-corrected chi connectivity index (χ0v) is 23.5. The highest BCUT2D eigenvalue weighted by molar-refractivity contribution is 9.08. The Morgan fingerprint density at radius 1 is 1.09 bits per heavy atom. The van der Waals surface area contributed by atoms with E-state index in [4.69, 9.17) is 4.74 Å². The van der Waals surface area contributed by atoms with Crippen LogP contribution in [-0.2, 0) is 22.2 Å². The molecule has 0 aliphatic carbocycles. The first-order chi connectivity index (χ1) is 16.4. The molecule has 0 aromatic heterocycles. The molecule has 0 radical (unpaired) electrons. The van der Waals surface area contributed by atoms with Gasteiger partial charge >= 0.3 is 0 Å². The van der Waals surface area contributed by atoms with Crippen LogP contribution in [-0.4, -0.2) is 41.3 Å². The van der Waals surface area contributed by atoms with Crippen LogP contribution in [0, 0.1) is 5.92 Å². The number of nitrogens with zero attached hydrogens (tertiary/aromatic N) is 2. The zero-order valence-electron chi connectivity index (χ0n) is 21.9. The van der Waals surface area contributed by atoms with Gasteiger partial charge in [0.2, 0.25) is 0 Å². The molecule has 3 rings (SSSR count). The Balaban J connectivity index is 1.68. The van der Waals surface area contributed by atoms with Gasteiger partial charge in [-0.2, -0.15) is 4.02 Å². The quantitative estimate of drug-likeness (QED) is 0.294. The Labute approximate surface area is 218 Å². The van der Waals surface area contributed by atoms with Crippen LogP contribution in [0.25, 0.3) is 0 Å². The van der Waals surface area contributed by atoms with Gasteiger partial charge in [-0.05, 0) is 41.4 Å². The van der Waals surface area contributed by atoms with Crippen LogP contribution in [0.2, 0.25) is 0 Å². The van der Waals surface area contributed by atoms with E-state index in [1.54, 1.807) is 0 Å².